The van der Waals surface area contributed by atoms with E-state index in [1.165, 1.54) is 7.11 Å². The lowest BCUT2D eigenvalue weighted by Gasteiger charge is -2.39. The Hall–Kier alpha value is -9.39. The second kappa shape index (κ2) is 38.5. The molecule has 5 unspecified atom stereocenters. The molecule has 0 spiro atoms. The number of esters is 1. The molecule has 98 heavy (non-hydrogen) atoms. The van der Waals surface area contributed by atoms with Gasteiger partial charge < -0.3 is 85.7 Å². The van der Waals surface area contributed by atoms with Crippen LogP contribution in [0.3, 0.4) is 0 Å². The smallest absolute Gasteiger partial charge is 0.465 e. The minimum Gasteiger partial charge on any atom is -0.465 e. The molecule has 7 amide bonds. The number of methoxy groups -OCH3 is 1. The standard InChI is InChI=1S/C50H79N16O11P.C15H18N2O3/c1-29(77-78(74,75)76)42-48(73)66-25-9-8-18-38(66)47(72)64-37(27-30-21-22-31-12-2-3-13-32(31)26-30)46(71)63-36(17-11-24-60-50(57)58)44(69)61-34(16-10-23-59-49(55)56)39(67)28-33(14-4-6-19-40(51)52)43(68)62-35(45(70)65-42)15-5-7-20-41(53)54;1-8(2)12-14(18)17-13(16-12)10-6-5-9(3)7-11(10)15(19)20-4/h2-3,12-13,21-22,26,29,33-38,42H,4-11,14-20,23-25,27-28H2,1H3,(H3,51,52)(H3,53,54)(H,61,69)(H,62,68)(H,63,71)(H,64,72)(H,65,70)(H4,55,56,59)(H4,57,58,60)(H2,74,75,76);5-8,12H,1-4H3,(H,16,17,18)/t29?,33-,34-,35?,36-,37?,38?,42+;/m0./s1. The van der Waals surface area contributed by atoms with Crippen LogP contribution in [0.15, 0.2) is 75.6 Å². The molecule has 0 bridgehead atoms. The van der Waals surface area contributed by atoms with Crippen LogP contribution in [0.4, 0.5) is 0 Å². The van der Waals surface area contributed by atoms with E-state index in [2.05, 4.69) is 46.9 Å². The molecule has 6 rings (SSSR count). The number of aryl methyl sites for hydroxylation is 1. The molecular formula is C65H97N18O14P. The molecule has 0 aromatic heterocycles. The molecule has 3 aromatic carbocycles. The van der Waals surface area contributed by atoms with Crippen molar-refractivity contribution >= 4 is 101 Å². The van der Waals surface area contributed by atoms with Gasteiger partial charge in [-0.05, 0) is 113 Å². The van der Waals surface area contributed by atoms with E-state index in [0.717, 1.165) is 28.2 Å². The number of benzene rings is 3. The summed E-state index contributed by atoms with van der Waals surface area (Å²) in [4.78, 5) is 160. The summed E-state index contributed by atoms with van der Waals surface area (Å²) in [5, 5.41) is 33.5. The van der Waals surface area contributed by atoms with Crippen LogP contribution >= 0.6 is 7.82 Å². The summed E-state index contributed by atoms with van der Waals surface area (Å²) in [6.45, 7) is 6.93. The maximum Gasteiger partial charge on any atom is 0.469 e. The van der Waals surface area contributed by atoms with Gasteiger partial charge >= 0.3 is 13.8 Å². The fourth-order valence-corrected chi connectivity index (χ4v) is 12.1. The van der Waals surface area contributed by atoms with Crippen molar-refractivity contribution in [2.45, 2.75) is 185 Å². The summed E-state index contributed by atoms with van der Waals surface area (Å²) in [6, 6.07) is 9.19. The van der Waals surface area contributed by atoms with Gasteiger partial charge in [-0.15, -0.1) is 0 Å². The highest BCUT2D eigenvalue weighted by atomic mass is 31.2. The minimum atomic E-state index is -5.35. The zero-order valence-electron chi connectivity index (χ0n) is 56.2. The third-order valence-corrected chi connectivity index (χ3v) is 17.3. The normalized spacial score (nSPS) is 21.8. The molecule has 0 aliphatic carbocycles. The van der Waals surface area contributed by atoms with E-state index in [0.29, 0.717) is 48.2 Å². The number of ketones is 1. The maximum absolute atomic E-state index is 14.9. The first-order valence-corrected chi connectivity index (χ1v) is 34.3. The quantitative estimate of drug-likeness (QED) is 0.0176. The third-order valence-electron chi connectivity index (χ3n) is 16.7. The van der Waals surface area contributed by atoms with Crippen molar-refractivity contribution in [1.29, 1.82) is 10.8 Å². The lowest BCUT2D eigenvalue weighted by atomic mass is 9.90. The zero-order valence-corrected chi connectivity index (χ0v) is 57.1. The van der Waals surface area contributed by atoms with Crippen LogP contribution in [-0.4, -0.2) is 172 Å². The van der Waals surface area contributed by atoms with E-state index >= 15 is 0 Å². The van der Waals surface area contributed by atoms with Crippen molar-refractivity contribution in [2.24, 2.45) is 61.2 Å². The van der Waals surface area contributed by atoms with Crippen molar-refractivity contribution in [3.05, 3.63) is 82.9 Å². The number of nitrogens with zero attached hydrogens (tertiary/aromatic N) is 4. The Bertz CT molecular complexity index is 3500. The number of rotatable bonds is 26. The number of hydrogen-bond acceptors (Lipinski definition) is 17. The van der Waals surface area contributed by atoms with E-state index in [-0.39, 0.29) is 132 Å². The third kappa shape index (κ3) is 25.6. The number of phosphoric ester groups is 1. The molecule has 22 N–H and O–H groups in total. The van der Waals surface area contributed by atoms with Gasteiger partial charge in [0.25, 0.3) is 5.91 Å². The molecule has 0 saturated carbocycles. The number of carbonyl (C=O) groups excluding carboxylic acids is 9. The van der Waals surface area contributed by atoms with Crippen LogP contribution in [-0.2, 0) is 58.6 Å². The highest BCUT2D eigenvalue weighted by molar-refractivity contribution is 7.46. The Balaban J connectivity index is 0.000000734. The van der Waals surface area contributed by atoms with Gasteiger partial charge in [-0.2, -0.15) is 0 Å². The Labute approximate surface area is 569 Å². The highest BCUT2D eigenvalue weighted by Gasteiger charge is 2.43. The van der Waals surface area contributed by atoms with Gasteiger partial charge in [0.2, 0.25) is 35.4 Å². The number of ether oxygens (including phenoxy) is 1. The number of nitrogens with two attached hydrogens (primary N) is 6. The second-order valence-corrected chi connectivity index (χ2v) is 26.2. The van der Waals surface area contributed by atoms with Crippen LogP contribution in [0, 0.1) is 29.6 Å². The Morgan fingerprint density at radius 2 is 1.23 bits per heavy atom. The molecule has 9 atom stereocenters. The number of piperidine rings is 1. The summed E-state index contributed by atoms with van der Waals surface area (Å²) >= 11 is 0. The molecule has 536 valence electrons. The fourth-order valence-electron chi connectivity index (χ4n) is 11.6. The topological polar surface area (TPSA) is 546 Å². The van der Waals surface area contributed by atoms with Gasteiger partial charge in [0.1, 0.15) is 42.1 Å². The number of amides is 7. The molecule has 2 saturated heterocycles. The number of Topliss-reactive ketones (excluding diaryl/α,β-unsaturated/α-hetero) is 1. The Morgan fingerprint density at radius 3 is 1.83 bits per heavy atom. The molecule has 3 heterocycles. The fraction of sp³-hybridized carbons (Fsp3) is 0.538. The number of hydrogen-bond donors (Lipinski definition) is 16. The highest BCUT2D eigenvalue weighted by Crippen LogP contribution is 2.38. The van der Waals surface area contributed by atoms with Crippen molar-refractivity contribution in [3.8, 4) is 0 Å². The van der Waals surface area contributed by atoms with E-state index in [9.17, 15) is 57.5 Å². The van der Waals surface area contributed by atoms with Gasteiger partial charge in [0, 0.05) is 56.8 Å². The summed E-state index contributed by atoms with van der Waals surface area (Å²) in [5.74, 6) is -7.65. The molecule has 3 aliphatic rings. The number of phosphoric acid groups is 1. The first-order valence-electron chi connectivity index (χ1n) is 32.8. The predicted octanol–water partition coefficient (Wildman–Crippen LogP) is 1.06. The number of unbranched alkanes of at least 4 members (excludes halogenated alkanes) is 2. The summed E-state index contributed by atoms with van der Waals surface area (Å²) in [5.41, 5.74) is 36.1. The largest absolute Gasteiger partial charge is 0.469 e. The molecular weight excluding hydrogens is 1290 g/mol. The Morgan fingerprint density at radius 1 is 0.673 bits per heavy atom. The predicted molar refractivity (Wildman–Crippen MR) is 369 cm³/mol. The summed E-state index contributed by atoms with van der Waals surface area (Å²) in [6.07, 6.45) is 0.0823. The minimum absolute atomic E-state index is 0.0336. The van der Waals surface area contributed by atoms with Gasteiger partial charge in [-0.25, -0.2) is 9.36 Å². The van der Waals surface area contributed by atoms with E-state index in [1.54, 1.807) is 18.2 Å². The first kappa shape index (κ1) is 79.3. The lowest BCUT2D eigenvalue weighted by molar-refractivity contribution is -0.148. The van der Waals surface area contributed by atoms with Gasteiger partial charge in [-0.1, -0.05) is 86.8 Å². The van der Waals surface area contributed by atoms with E-state index in [4.69, 9.17) is 54.5 Å². The average Bonchev–Trinajstić information content (AvgIpc) is 1.46. The van der Waals surface area contributed by atoms with Crippen molar-refractivity contribution in [3.63, 3.8) is 0 Å². The Kier molecular flexibility index (Phi) is 31.2. The van der Waals surface area contributed by atoms with Crippen molar-refractivity contribution < 1.29 is 66.8 Å². The van der Waals surface area contributed by atoms with E-state index in [1.807, 2.05) is 63.2 Å². The second-order valence-electron chi connectivity index (χ2n) is 25.0. The van der Waals surface area contributed by atoms with Gasteiger partial charge in [0.15, 0.2) is 17.7 Å². The maximum atomic E-state index is 14.9. The molecule has 2 fully saturated rings. The molecule has 0 radical (unpaired) electrons. The van der Waals surface area contributed by atoms with E-state index < -0.39 is 116 Å². The summed E-state index contributed by atoms with van der Waals surface area (Å²) < 4.78 is 22.1. The monoisotopic (exact) mass is 1380 g/mol. The molecule has 3 aliphatic heterocycles. The van der Waals surface area contributed by atoms with Crippen molar-refractivity contribution in [2.75, 3.05) is 26.7 Å². The molecule has 33 heteroatoms. The van der Waals surface area contributed by atoms with Crippen LogP contribution in [0.1, 0.15) is 151 Å². The van der Waals surface area contributed by atoms with Crippen LogP contribution in [0.2, 0.25) is 0 Å². The van der Waals surface area contributed by atoms with Crippen LogP contribution in [0.5, 0.6) is 0 Å². The SMILES string of the molecule is CC(OP(=O)(O)O)[C@H]1NC(=O)C(CCCCC(=N)N)NC(=O)[C@@H](CCCCC(=N)N)CC(=O)[C@H](CCCN=C(N)N)NC(=O)[C@H](CCCN=C(N)N)NC(=O)C(Cc2ccc3ccccc3c2)NC(=O)C2CCCCN2C1=O.COC(=O)c1cc(C)ccc1C1=NC(C(C)C)C(=O)N1. The number of fused-ring (bicyclic) bond motifs is 2. The van der Waals surface area contributed by atoms with Crippen LogP contribution < -0.4 is 66.3 Å². The molecule has 32 nitrogen and oxygen atoms in total. The number of guanidine groups is 2. The van der Waals surface area contributed by atoms with Gasteiger partial charge in [0.05, 0.1) is 36.5 Å². The first-order chi connectivity index (χ1) is 46.3. The number of nitrogens with one attached hydrogen (secondary N) is 8. The lowest BCUT2D eigenvalue weighted by Crippen LogP contribution is -2.63. The zero-order chi connectivity index (χ0) is 72.4. The number of amidine groups is 3. The average molecular weight is 1390 g/mol. The molecule has 3 aromatic rings. The number of carbonyl (C=O) groups is 9. The van der Waals surface area contributed by atoms with Crippen molar-refractivity contribution in [1.82, 2.24) is 36.8 Å². The van der Waals surface area contributed by atoms with Crippen LogP contribution in [0.25, 0.3) is 10.8 Å². The number of aliphatic imine (C=N–C) groups is 3. The summed E-state index contributed by atoms with van der Waals surface area (Å²) in [7, 11) is -4.01. The van der Waals surface area contributed by atoms with Gasteiger partial charge in [-0.3, -0.25) is 68.7 Å².